The van der Waals surface area contributed by atoms with Crippen molar-refractivity contribution in [2.24, 2.45) is 4.99 Å². The van der Waals surface area contributed by atoms with Gasteiger partial charge in [0, 0.05) is 0 Å². The van der Waals surface area contributed by atoms with Crippen LogP contribution in [0.5, 0.6) is 5.75 Å². The Bertz CT molecular complexity index is 1030. The Kier molecular flexibility index (Phi) is 4.04. The average Bonchev–Trinajstić information content (AvgIpc) is 3.33. The van der Waals surface area contributed by atoms with Crippen LogP contribution in [0.2, 0.25) is 0 Å². The number of aromatic amines is 1. The molecule has 0 aliphatic rings. The minimum Gasteiger partial charge on any atom is -0.497 e. The van der Waals surface area contributed by atoms with Crippen molar-refractivity contribution in [3.05, 3.63) is 72.1 Å². The van der Waals surface area contributed by atoms with Crippen LogP contribution in [0.15, 0.2) is 64.7 Å². The lowest BCUT2D eigenvalue weighted by Gasteiger charge is -2.08. The highest BCUT2D eigenvalue weighted by molar-refractivity contribution is 5.68. The van der Waals surface area contributed by atoms with Crippen molar-refractivity contribution in [2.45, 2.75) is 13.1 Å². The Balaban J connectivity index is 1.66. The Hall–Kier alpha value is -3.35. The molecule has 1 N–H and O–H groups in total. The van der Waals surface area contributed by atoms with Gasteiger partial charge in [0.15, 0.2) is 11.1 Å². The lowest BCUT2D eigenvalue weighted by atomic mass is 10.2. The molecule has 0 fully saturated rings. The van der Waals surface area contributed by atoms with Crippen molar-refractivity contribution < 1.29 is 9.15 Å². The highest BCUT2D eigenvalue weighted by Crippen LogP contribution is 2.13. The standard InChI is InChI=1S/C18H17N5O2/c1-24-14-6-4-13(5-7-14)10-23-12-22-17(16-18(23)21-11-20-16)19-9-15-3-2-8-25-15/h2-8,11-12H,9-10H2,1H3,(H,20,21). The van der Waals surface area contributed by atoms with Crippen LogP contribution in [0.1, 0.15) is 11.3 Å². The monoisotopic (exact) mass is 335 g/mol. The molecule has 4 rings (SSSR count). The molecule has 3 heterocycles. The molecular weight excluding hydrogens is 318 g/mol. The third-order valence-corrected chi connectivity index (χ3v) is 3.91. The van der Waals surface area contributed by atoms with E-state index in [4.69, 9.17) is 9.15 Å². The molecule has 0 saturated heterocycles. The van der Waals surface area contributed by atoms with Gasteiger partial charge in [-0.3, -0.25) is 4.99 Å². The maximum atomic E-state index is 5.31. The number of hydrogen-bond acceptors (Lipinski definition) is 5. The van der Waals surface area contributed by atoms with Crippen molar-refractivity contribution in [3.63, 3.8) is 0 Å². The summed E-state index contributed by atoms with van der Waals surface area (Å²) in [6.07, 6.45) is 5.05. The lowest BCUT2D eigenvalue weighted by molar-refractivity contribution is 0.414. The number of ether oxygens (including phenoxy) is 1. The van der Waals surface area contributed by atoms with E-state index in [-0.39, 0.29) is 0 Å². The topological polar surface area (TPSA) is 81.2 Å². The number of nitrogens with zero attached hydrogens (tertiary/aromatic N) is 4. The SMILES string of the molecule is COc1ccc(Cn2cnc(=NCc3ccco3)c3[nH]cnc32)cc1. The second kappa shape index (κ2) is 6.64. The first-order valence-corrected chi connectivity index (χ1v) is 7.88. The molecule has 0 aliphatic carbocycles. The highest BCUT2D eigenvalue weighted by atomic mass is 16.5. The molecule has 0 unspecified atom stereocenters. The molecule has 4 aromatic rings. The Labute approximate surface area is 143 Å². The molecule has 0 spiro atoms. The third kappa shape index (κ3) is 3.16. The van der Waals surface area contributed by atoms with Crippen LogP contribution in [0, 0.1) is 0 Å². The molecule has 0 aliphatic heterocycles. The molecule has 0 radical (unpaired) electrons. The van der Waals surface area contributed by atoms with Gasteiger partial charge in [0.2, 0.25) is 0 Å². The second-order valence-electron chi connectivity index (χ2n) is 5.54. The zero-order valence-electron chi connectivity index (χ0n) is 13.7. The molecule has 7 heteroatoms. The van der Waals surface area contributed by atoms with Crippen LogP contribution in [-0.2, 0) is 13.1 Å². The summed E-state index contributed by atoms with van der Waals surface area (Å²) >= 11 is 0. The lowest BCUT2D eigenvalue weighted by Crippen LogP contribution is -2.15. The van der Waals surface area contributed by atoms with Crippen molar-refractivity contribution >= 4 is 11.2 Å². The van der Waals surface area contributed by atoms with Crippen molar-refractivity contribution in [3.8, 4) is 5.75 Å². The first-order valence-electron chi connectivity index (χ1n) is 7.88. The number of nitrogens with one attached hydrogen (secondary N) is 1. The fourth-order valence-corrected chi connectivity index (χ4v) is 2.63. The molecule has 3 aromatic heterocycles. The van der Waals surface area contributed by atoms with Gasteiger partial charge >= 0.3 is 0 Å². The highest BCUT2D eigenvalue weighted by Gasteiger charge is 2.06. The van der Waals surface area contributed by atoms with E-state index >= 15 is 0 Å². The van der Waals surface area contributed by atoms with Gasteiger partial charge in [0.25, 0.3) is 0 Å². The quantitative estimate of drug-likeness (QED) is 0.607. The zero-order chi connectivity index (χ0) is 17.1. The number of rotatable bonds is 5. The number of furan rings is 1. The van der Waals surface area contributed by atoms with Crippen molar-refractivity contribution in [1.82, 2.24) is 19.5 Å². The van der Waals surface area contributed by atoms with E-state index in [1.807, 2.05) is 41.0 Å². The Morgan fingerprint density at radius 3 is 2.84 bits per heavy atom. The van der Waals surface area contributed by atoms with Gasteiger partial charge in [-0.1, -0.05) is 12.1 Å². The van der Waals surface area contributed by atoms with Gasteiger partial charge in [-0.05, 0) is 29.8 Å². The molecule has 0 atom stereocenters. The Morgan fingerprint density at radius 1 is 1.20 bits per heavy atom. The maximum Gasteiger partial charge on any atom is 0.177 e. The van der Waals surface area contributed by atoms with E-state index in [1.165, 1.54) is 0 Å². The molecule has 126 valence electrons. The van der Waals surface area contributed by atoms with Gasteiger partial charge in [-0.25, -0.2) is 9.97 Å². The maximum absolute atomic E-state index is 5.31. The number of benzene rings is 1. The first-order chi connectivity index (χ1) is 12.3. The number of imidazole rings is 1. The molecule has 25 heavy (non-hydrogen) atoms. The number of fused-ring (bicyclic) bond motifs is 1. The summed E-state index contributed by atoms with van der Waals surface area (Å²) in [7, 11) is 1.66. The van der Waals surface area contributed by atoms with Gasteiger partial charge < -0.3 is 18.7 Å². The fraction of sp³-hybridized carbons (Fsp3) is 0.167. The smallest absolute Gasteiger partial charge is 0.177 e. The molecular formula is C18H17N5O2. The largest absolute Gasteiger partial charge is 0.497 e. The van der Waals surface area contributed by atoms with Crippen LogP contribution >= 0.6 is 0 Å². The van der Waals surface area contributed by atoms with E-state index < -0.39 is 0 Å². The first kappa shape index (κ1) is 15.2. The average molecular weight is 335 g/mol. The summed E-state index contributed by atoms with van der Waals surface area (Å²) in [5.41, 5.74) is 3.37. The van der Waals surface area contributed by atoms with E-state index in [9.17, 15) is 0 Å². The van der Waals surface area contributed by atoms with E-state index in [0.29, 0.717) is 18.6 Å². The van der Waals surface area contributed by atoms with Crippen LogP contribution < -0.4 is 10.2 Å². The predicted octanol–water partition coefficient (Wildman–Crippen LogP) is 2.51. The zero-order valence-corrected chi connectivity index (χ0v) is 13.7. The molecule has 0 amide bonds. The number of aromatic nitrogens is 4. The molecule has 0 saturated carbocycles. The number of H-pyrrole nitrogens is 1. The summed E-state index contributed by atoms with van der Waals surface area (Å²) in [5.74, 6) is 1.63. The minimum absolute atomic E-state index is 0.441. The summed E-state index contributed by atoms with van der Waals surface area (Å²) < 4.78 is 12.5. The molecule has 1 aromatic carbocycles. The van der Waals surface area contributed by atoms with Gasteiger partial charge in [0.05, 0.1) is 39.1 Å². The van der Waals surface area contributed by atoms with Crippen LogP contribution in [0.25, 0.3) is 11.2 Å². The molecule has 7 nitrogen and oxygen atoms in total. The summed E-state index contributed by atoms with van der Waals surface area (Å²) in [6, 6.07) is 11.7. The minimum atomic E-state index is 0.441. The molecule has 0 bridgehead atoms. The summed E-state index contributed by atoms with van der Waals surface area (Å²) in [4.78, 5) is 16.5. The second-order valence-corrected chi connectivity index (χ2v) is 5.54. The van der Waals surface area contributed by atoms with Gasteiger partial charge in [0.1, 0.15) is 17.0 Å². The van der Waals surface area contributed by atoms with Crippen molar-refractivity contribution in [2.75, 3.05) is 7.11 Å². The van der Waals surface area contributed by atoms with E-state index in [0.717, 1.165) is 28.2 Å². The predicted molar refractivity (Wildman–Crippen MR) is 91.9 cm³/mol. The fourth-order valence-electron chi connectivity index (χ4n) is 2.63. The van der Waals surface area contributed by atoms with Crippen LogP contribution in [-0.4, -0.2) is 26.6 Å². The third-order valence-electron chi connectivity index (χ3n) is 3.91. The van der Waals surface area contributed by atoms with E-state index in [2.05, 4.69) is 19.9 Å². The van der Waals surface area contributed by atoms with Crippen LogP contribution in [0.4, 0.5) is 0 Å². The van der Waals surface area contributed by atoms with Crippen molar-refractivity contribution in [1.29, 1.82) is 0 Å². The summed E-state index contributed by atoms with van der Waals surface area (Å²) in [5, 5.41) is 0. The van der Waals surface area contributed by atoms with Gasteiger partial charge in [-0.15, -0.1) is 0 Å². The van der Waals surface area contributed by atoms with Crippen LogP contribution in [0.3, 0.4) is 0 Å². The van der Waals surface area contributed by atoms with Gasteiger partial charge in [-0.2, -0.15) is 0 Å². The normalized spacial score (nSPS) is 12.0. The Morgan fingerprint density at radius 2 is 2.08 bits per heavy atom. The summed E-state index contributed by atoms with van der Waals surface area (Å²) in [6.45, 7) is 1.10. The number of hydrogen-bond donors (Lipinski definition) is 1. The van der Waals surface area contributed by atoms with E-state index in [1.54, 1.807) is 26.0 Å². The number of methoxy groups -OCH3 is 1.